The van der Waals surface area contributed by atoms with Gasteiger partial charge in [-0.05, 0) is 81.9 Å². The van der Waals surface area contributed by atoms with Gasteiger partial charge < -0.3 is 9.13 Å². The molecule has 9 aromatic rings. The van der Waals surface area contributed by atoms with Crippen LogP contribution >= 0.6 is 0 Å². The standard InChI is InChI=1S/C45H32N2/c1-45(2)37-20-9-6-17-33(37)36-28-32(23-24-38(36)45)47-40-22-11-8-19-35(40)44-42(47)26-25-41-43(44)34-18-7-10-21-39(34)46(41)31-16-12-15-30(27-31)29-13-4-3-5-14-29/h3-28H,1-2H3. The van der Waals surface area contributed by atoms with Crippen molar-refractivity contribution >= 4 is 43.6 Å². The number of nitrogens with zero attached hydrogens (tertiary/aromatic N) is 2. The Morgan fingerprint density at radius 2 is 0.936 bits per heavy atom. The highest BCUT2D eigenvalue weighted by atomic mass is 15.0. The van der Waals surface area contributed by atoms with Gasteiger partial charge in [-0.15, -0.1) is 0 Å². The van der Waals surface area contributed by atoms with Crippen molar-refractivity contribution in [3.05, 3.63) is 169 Å². The number of benzene rings is 7. The molecule has 10 rings (SSSR count). The largest absolute Gasteiger partial charge is 0.309 e. The highest BCUT2D eigenvalue weighted by Gasteiger charge is 2.35. The minimum Gasteiger partial charge on any atom is -0.309 e. The number of aromatic nitrogens is 2. The molecule has 0 aliphatic heterocycles. The molecular formula is C45H32N2. The lowest BCUT2D eigenvalue weighted by Crippen LogP contribution is -2.14. The Labute approximate surface area is 273 Å². The Morgan fingerprint density at radius 1 is 0.383 bits per heavy atom. The molecule has 0 amide bonds. The molecule has 0 fully saturated rings. The maximum Gasteiger partial charge on any atom is 0.0548 e. The SMILES string of the molecule is CC1(C)c2ccccc2-c2cc(-n3c4ccccc4c4c5c6ccccc6n(-c6cccc(-c7ccccc7)c6)c5ccc43)ccc21. The van der Waals surface area contributed by atoms with Crippen LogP contribution in [0.4, 0.5) is 0 Å². The van der Waals surface area contributed by atoms with Crippen molar-refractivity contribution < 1.29 is 0 Å². The summed E-state index contributed by atoms with van der Waals surface area (Å²) in [6.07, 6.45) is 0. The molecule has 0 unspecified atom stereocenters. The lowest BCUT2D eigenvalue weighted by atomic mass is 9.82. The third-order valence-corrected chi connectivity index (χ3v) is 10.5. The third-order valence-electron chi connectivity index (χ3n) is 10.5. The van der Waals surface area contributed by atoms with Crippen LogP contribution in [0, 0.1) is 0 Å². The van der Waals surface area contributed by atoms with Crippen molar-refractivity contribution in [2.75, 3.05) is 0 Å². The van der Waals surface area contributed by atoms with Crippen molar-refractivity contribution in [1.82, 2.24) is 9.13 Å². The summed E-state index contributed by atoms with van der Waals surface area (Å²) in [4.78, 5) is 0. The fourth-order valence-electron chi connectivity index (χ4n) is 8.38. The average molecular weight is 601 g/mol. The summed E-state index contributed by atoms with van der Waals surface area (Å²) in [5.74, 6) is 0. The van der Waals surface area contributed by atoms with Crippen molar-refractivity contribution in [2.24, 2.45) is 0 Å². The van der Waals surface area contributed by atoms with E-state index in [9.17, 15) is 0 Å². The average Bonchev–Trinajstić information content (AvgIpc) is 3.72. The lowest BCUT2D eigenvalue weighted by Gasteiger charge is -2.21. The highest BCUT2D eigenvalue weighted by molar-refractivity contribution is 6.28. The number of para-hydroxylation sites is 2. The highest BCUT2D eigenvalue weighted by Crippen LogP contribution is 2.50. The topological polar surface area (TPSA) is 9.86 Å². The van der Waals surface area contributed by atoms with Crippen molar-refractivity contribution in [1.29, 1.82) is 0 Å². The summed E-state index contributed by atoms with van der Waals surface area (Å²) < 4.78 is 4.91. The number of fused-ring (bicyclic) bond motifs is 10. The van der Waals surface area contributed by atoms with E-state index in [1.165, 1.54) is 88.4 Å². The van der Waals surface area contributed by atoms with Gasteiger partial charge in [0.05, 0.1) is 22.1 Å². The molecule has 2 heteroatoms. The maximum absolute atomic E-state index is 2.47. The summed E-state index contributed by atoms with van der Waals surface area (Å²) >= 11 is 0. The first-order valence-electron chi connectivity index (χ1n) is 16.5. The maximum atomic E-state index is 2.47. The monoisotopic (exact) mass is 600 g/mol. The molecule has 47 heavy (non-hydrogen) atoms. The van der Waals surface area contributed by atoms with Gasteiger partial charge in [0.15, 0.2) is 0 Å². The molecule has 0 atom stereocenters. The van der Waals surface area contributed by atoms with Crippen LogP contribution in [0.1, 0.15) is 25.0 Å². The summed E-state index contributed by atoms with van der Waals surface area (Å²) in [6.45, 7) is 4.69. The fourth-order valence-corrected chi connectivity index (χ4v) is 8.38. The van der Waals surface area contributed by atoms with E-state index in [2.05, 4.69) is 181 Å². The van der Waals surface area contributed by atoms with E-state index in [-0.39, 0.29) is 5.41 Å². The molecule has 0 saturated heterocycles. The fraction of sp³-hybridized carbons (Fsp3) is 0.0667. The molecule has 2 nitrogen and oxygen atoms in total. The molecule has 0 saturated carbocycles. The van der Waals surface area contributed by atoms with Crippen LogP contribution in [0.5, 0.6) is 0 Å². The van der Waals surface area contributed by atoms with E-state index < -0.39 is 0 Å². The van der Waals surface area contributed by atoms with E-state index in [1.54, 1.807) is 0 Å². The van der Waals surface area contributed by atoms with Crippen LogP contribution in [-0.2, 0) is 5.41 Å². The summed E-state index contributed by atoms with van der Waals surface area (Å²) in [7, 11) is 0. The normalized spacial score (nSPS) is 13.5. The molecule has 0 radical (unpaired) electrons. The lowest BCUT2D eigenvalue weighted by molar-refractivity contribution is 0.660. The van der Waals surface area contributed by atoms with Gasteiger partial charge in [-0.1, -0.05) is 123 Å². The Bertz CT molecular complexity index is 2700. The van der Waals surface area contributed by atoms with Crippen molar-refractivity contribution in [3.8, 4) is 33.6 Å². The van der Waals surface area contributed by atoms with Crippen LogP contribution in [0.15, 0.2) is 158 Å². The van der Waals surface area contributed by atoms with Crippen LogP contribution in [-0.4, -0.2) is 9.13 Å². The quantitative estimate of drug-likeness (QED) is 0.191. The Hall–Kier alpha value is -5.86. The van der Waals surface area contributed by atoms with Gasteiger partial charge in [-0.25, -0.2) is 0 Å². The molecule has 222 valence electrons. The first kappa shape index (κ1) is 26.4. The predicted octanol–water partition coefficient (Wildman–Crippen LogP) is 11.9. The smallest absolute Gasteiger partial charge is 0.0548 e. The molecule has 2 aromatic heterocycles. The summed E-state index contributed by atoms with van der Waals surface area (Å²) in [5, 5.41) is 5.14. The van der Waals surface area contributed by atoms with Gasteiger partial charge in [0, 0.05) is 38.3 Å². The molecule has 1 aliphatic carbocycles. The third kappa shape index (κ3) is 3.61. The second-order valence-corrected chi connectivity index (χ2v) is 13.4. The van der Waals surface area contributed by atoms with Gasteiger partial charge >= 0.3 is 0 Å². The second-order valence-electron chi connectivity index (χ2n) is 13.4. The molecule has 0 bridgehead atoms. The molecule has 1 aliphatic rings. The zero-order valence-corrected chi connectivity index (χ0v) is 26.4. The summed E-state index contributed by atoms with van der Waals surface area (Å²) in [6, 6.07) is 58.0. The first-order valence-corrected chi connectivity index (χ1v) is 16.5. The van der Waals surface area contributed by atoms with E-state index >= 15 is 0 Å². The van der Waals surface area contributed by atoms with Crippen LogP contribution < -0.4 is 0 Å². The van der Waals surface area contributed by atoms with Crippen molar-refractivity contribution in [3.63, 3.8) is 0 Å². The first-order chi connectivity index (χ1) is 23.1. The zero-order valence-electron chi connectivity index (χ0n) is 26.4. The van der Waals surface area contributed by atoms with E-state index in [0.717, 1.165) is 0 Å². The van der Waals surface area contributed by atoms with E-state index in [0.29, 0.717) is 0 Å². The molecule has 7 aromatic carbocycles. The minimum absolute atomic E-state index is 0.0168. The zero-order chi connectivity index (χ0) is 31.3. The Morgan fingerprint density at radius 3 is 1.64 bits per heavy atom. The number of rotatable bonds is 3. The van der Waals surface area contributed by atoms with Gasteiger partial charge in [0.2, 0.25) is 0 Å². The minimum atomic E-state index is -0.0168. The molecule has 0 N–H and O–H groups in total. The van der Waals surface area contributed by atoms with Crippen LogP contribution in [0.25, 0.3) is 77.2 Å². The van der Waals surface area contributed by atoms with Gasteiger partial charge in [-0.2, -0.15) is 0 Å². The second kappa shape index (κ2) is 9.57. The van der Waals surface area contributed by atoms with E-state index in [1.807, 2.05) is 0 Å². The molecular weight excluding hydrogens is 569 g/mol. The van der Waals surface area contributed by atoms with Crippen molar-refractivity contribution in [2.45, 2.75) is 19.3 Å². The Balaban J connectivity index is 1.27. The van der Waals surface area contributed by atoms with Gasteiger partial charge in [-0.3, -0.25) is 0 Å². The molecule has 0 spiro atoms. The van der Waals surface area contributed by atoms with Crippen LogP contribution in [0.3, 0.4) is 0 Å². The number of hydrogen-bond acceptors (Lipinski definition) is 0. The number of hydrogen-bond donors (Lipinski definition) is 0. The molecule has 2 heterocycles. The summed E-state index contributed by atoms with van der Waals surface area (Å²) in [5.41, 5.74) is 15.2. The predicted molar refractivity (Wildman–Crippen MR) is 198 cm³/mol. The van der Waals surface area contributed by atoms with Gasteiger partial charge in [0.25, 0.3) is 0 Å². The van der Waals surface area contributed by atoms with Gasteiger partial charge in [0.1, 0.15) is 0 Å². The van der Waals surface area contributed by atoms with E-state index in [4.69, 9.17) is 0 Å². The van der Waals surface area contributed by atoms with Crippen LogP contribution in [0.2, 0.25) is 0 Å². The Kier molecular flexibility index (Phi) is 5.37.